The lowest BCUT2D eigenvalue weighted by molar-refractivity contribution is 0.0784. The average molecular weight is 462 g/mol. The minimum absolute atomic E-state index is 0.173. The van der Waals surface area contributed by atoms with Crippen molar-refractivity contribution in [2.24, 2.45) is 0 Å². The molecule has 3 fully saturated rings. The summed E-state index contributed by atoms with van der Waals surface area (Å²) in [7, 11) is 0. The number of aromatic hydroxyl groups is 1. The first-order chi connectivity index (χ1) is 15.9. The highest BCUT2D eigenvalue weighted by molar-refractivity contribution is 5.38. The van der Waals surface area contributed by atoms with Crippen LogP contribution >= 0.6 is 0 Å². The molecule has 0 amide bonds. The molecule has 3 heterocycles. The second-order valence-electron chi connectivity index (χ2n) is 10.1. The van der Waals surface area contributed by atoms with Gasteiger partial charge in [-0.05, 0) is 56.2 Å². The molecular formula is C25H39N3O5. The SMILES string of the molecule is O=c1c(CN2CCC(O)CC2)cc(CN2CCC(O)CC2)cc(CN2CCC(O)CC2)c1O. The van der Waals surface area contributed by atoms with Crippen molar-refractivity contribution in [3.63, 3.8) is 0 Å². The summed E-state index contributed by atoms with van der Waals surface area (Å²) in [6.07, 6.45) is 3.55. The van der Waals surface area contributed by atoms with Crippen LogP contribution in [0.25, 0.3) is 0 Å². The van der Waals surface area contributed by atoms with Crippen LogP contribution in [0.5, 0.6) is 5.75 Å². The third-order valence-corrected chi connectivity index (χ3v) is 7.40. The van der Waals surface area contributed by atoms with Gasteiger partial charge in [0, 0.05) is 70.0 Å². The molecule has 4 rings (SSSR count). The molecule has 0 atom stereocenters. The second kappa shape index (κ2) is 11.3. The van der Waals surface area contributed by atoms with Gasteiger partial charge in [0.2, 0.25) is 5.43 Å². The van der Waals surface area contributed by atoms with Crippen LogP contribution in [0.3, 0.4) is 0 Å². The number of likely N-dealkylation sites (tertiary alicyclic amines) is 3. The third-order valence-electron chi connectivity index (χ3n) is 7.40. The molecule has 4 N–H and O–H groups in total. The molecule has 33 heavy (non-hydrogen) atoms. The van der Waals surface area contributed by atoms with E-state index in [1.54, 1.807) is 0 Å². The molecule has 0 bridgehead atoms. The molecule has 0 unspecified atom stereocenters. The van der Waals surface area contributed by atoms with Crippen LogP contribution in [0.4, 0.5) is 0 Å². The molecule has 0 spiro atoms. The lowest BCUT2D eigenvalue weighted by atomic mass is 10.1. The first-order valence-electron chi connectivity index (χ1n) is 12.5. The summed E-state index contributed by atoms with van der Waals surface area (Å²) in [5.41, 5.74) is 1.93. The van der Waals surface area contributed by atoms with Crippen LogP contribution in [0.1, 0.15) is 55.2 Å². The summed E-state index contributed by atoms with van der Waals surface area (Å²) >= 11 is 0. The van der Waals surface area contributed by atoms with Crippen LogP contribution in [0.2, 0.25) is 0 Å². The Balaban J connectivity index is 1.59. The number of rotatable bonds is 6. The van der Waals surface area contributed by atoms with Crippen molar-refractivity contribution >= 4 is 0 Å². The predicted molar refractivity (Wildman–Crippen MR) is 126 cm³/mol. The summed E-state index contributed by atoms with van der Waals surface area (Å²) in [5, 5.41) is 40.4. The van der Waals surface area contributed by atoms with E-state index in [2.05, 4.69) is 14.7 Å². The van der Waals surface area contributed by atoms with Crippen molar-refractivity contribution in [2.75, 3.05) is 39.3 Å². The van der Waals surface area contributed by atoms with Crippen LogP contribution in [0, 0.1) is 0 Å². The zero-order valence-electron chi connectivity index (χ0n) is 19.5. The van der Waals surface area contributed by atoms with Gasteiger partial charge in [-0.1, -0.05) is 0 Å². The molecule has 184 valence electrons. The number of aliphatic hydroxyl groups excluding tert-OH is 3. The summed E-state index contributed by atoms with van der Waals surface area (Å²) in [5.74, 6) is -0.173. The lowest BCUT2D eigenvalue weighted by Gasteiger charge is -2.30. The standard InChI is InChI=1S/C25H39N3O5/c29-21-1-7-26(8-2-21)15-18-13-19(16-27-9-3-22(30)4-10-27)24(32)25(33)20(14-18)17-28-11-5-23(31)6-12-28/h13-14,21-23,29-31H,1-12,15-17H2,(H,32,33). The second-order valence-corrected chi connectivity index (χ2v) is 10.1. The maximum absolute atomic E-state index is 13.3. The fourth-order valence-corrected chi connectivity index (χ4v) is 5.22. The highest BCUT2D eigenvalue weighted by Gasteiger charge is 2.23. The molecule has 3 saturated heterocycles. The number of piperidine rings is 3. The maximum Gasteiger partial charge on any atom is 0.224 e. The largest absolute Gasteiger partial charge is 0.504 e. The van der Waals surface area contributed by atoms with Gasteiger partial charge in [-0.15, -0.1) is 0 Å². The van der Waals surface area contributed by atoms with Gasteiger partial charge in [0.1, 0.15) is 0 Å². The Hall–Kier alpha value is -1.55. The van der Waals surface area contributed by atoms with Gasteiger partial charge >= 0.3 is 0 Å². The first-order valence-corrected chi connectivity index (χ1v) is 12.5. The fraction of sp³-hybridized carbons (Fsp3) is 0.720. The van der Waals surface area contributed by atoms with E-state index in [0.29, 0.717) is 56.4 Å². The van der Waals surface area contributed by atoms with E-state index in [9.17, 15) is 25.2 Å². The minimum atomic E-state index is -0.312. The van der Waals surface area contributed by atoms with Crippen molar-refractivity contribution in [1.82, 2.24) is 14.7 Å². The van der Waals surface area contributed by atoms with Crippen LogP contribution < -0.4 is 5.43 Å². The Morgan fingerprint density at radius 2 is 1.00 bits per heavy atom. The first kappa shape index (κ1) is 24.6. The summed E-state index contributed by atoms with van der Waals surface area (Å²) < 4.78 is 0. The molecule has 1 aromatic rings. The lowest BCUT2D eigenvalue weighted by Crippen LogP contribution is -2.36. The van der Waals surface area contributed by atoms with E-state index in [-0.39, 0.29) is 29.5 Å². The quantitative estimate of drug-likeness (QED) is 0.489. The van der Waals surface area contributed by atoms with Gasteiger partial charge in [0.05, 0.1) is 18.3 Å². The van der Waals surface area contributed by atoms with Gasteiger partial charge in [-0.25, -0.2) is 0 Å². The van der Waals surface area contributed by atoms with Crippen molar-refractivity contribution in [3.8, 4) is 5.75 Å². The fourth-order valence-electron chi connectivity index (χ4n) is 5.22. The van der Waals surface area contributed by atoms with E-state index in [1.165, 1.54) is 0 Å². The predicted octanol–water partition coefficient (Wildman–Crippen LogP) is 0.623. The van der Waals surface area contributed by atoms with Gasteiger partial charge in [-0.2, -0.15) is 0 Å². The normalized spacial score (nSPS) is 23.2. The minimum Gasteiger partial charge on any atom is -0.504 e. The van der Waals surface area contributed by atoms with Gasteiger partial charge in [-0.3, -0.25) is 19.5 Å². The monoisotopic (exact) mass is 461 g/mol. The smallest absolute Gasteiger partial charge is 0.224 e. The molecule has 0 radical (unpaired) electrons. The van der Waals surface area contributed by atoms with Crippen molar-refractivity contribution < 1.29 is 20.4 Å². The molecule has 3 aliphatic rings. The number of hydrogen-bond donors (Lipinski definition) is 4. The van der Waals surface area contributed by atoms with Crippen molar-refractivity contribution in [2.45, 2.75) is 76.5 Å². The average Bonchev–Trinajstić information content (AvgIpc) is 2.91. The Morgan fingerprint density at radius 1 is 0.636 bits per heavy atom. The van der Waals surface area contributed by atoms with E-state index in [1.807, 2.05) is 12.1 Å². The van der Waals surface area contributed by atoms with Crippen LogP contribution in [0.15, 0.2) is 16.9 Å². The van der Waals surface area contributed by atoms with E-state index >= 15 is 0 Å². The molecule has 0 aromatic heterocycles. The molecule has 1 aromatic carbocycles. The highest BCUT2D eigenvalue weighted by Crippen LogP contribution is 2.23. The Bertz CT molecular complexity index is 843. The Morgan fingerprint density at radius 3 is 1.45 bits per heavy atom. The molecular weight excluding hydrogens is 422 g/mol. The summed E-state index contributed by atoms with van der Waals surface area (Å²) in [4.78, 5) is 19.9. The molecule has 8 heteroatoms. The zero-order valence-corrected chi connectivity index (χ0v) is 19.5. The third kappa shape index (κ3) is 6.74. The Kier molecular flexibility index (Phi) is 8.38. The zero-order chi connectivity index (χ0) is 23.4. The topological polar surface area (TPSA) is 108 Å². The molecule has 3 aliphatic heterocycles. The van der Waals surface area contributed by atoms with E-state index in [0.717, 1.165) is 57.7 Å². The van der Waals surface area contributed by atoms with Gasteiger partial charge < -0.3 is 20.4 Å². The van der Waals surface area contributed by atoms with Crippen molar-refractivity contribution in [3.05, 3.63) is 39.0 Å². The van der Waals surface area contributed by atoms with Gasteiger partial charge in [0.25, 0.3) is 0 Å². The number of aliphatic hydroxyl groups is 3. The molecule has 0 saturated carbocycles. The maximum atomic E-state index is 13.3. The highest BCUT2D eigenvalue weighted by atomic mass is 16.3. The number of hydrogen-bond acceptors (Lipinski definition) is 8. The van der Waals surface area contributed by atoms with Gasteiger partial charge in [0.15, 0.2) is 5.75 Å². The molecule has 0 aliphatic carbocycles. The van der Waals surface area contributed by atoms with E-state index in [4.69, 9.17) is 0 Å². The summed E-state index contributed by atoms with van der Waals surface area (Å²) in [6.45, 7) is 6.23. The van der Waals surface area contributed by atoms with Crippen molar-refractivity contribution in [1.29, 1.82) is 0 Å². The summed E-state index contributed by atoms with van der Waals surface area (Å²) in [6, 6.07) is 3.91. The molecule has 8 nitrogen and oxygen atoms in total. The number of nitrogens with zero attached hydrogens (tertiary/aromatic N) is 3. The van der Waals surface area contributed by atoms with Crippen LogP contribution in [-0.4, -0.2) is 92.7 Å². The Labute approximate surface area is 196 Å². The van der Waals surface area contributed by atoms with Crippen LogP contribution in [-0.2, 0) is 19.6 Å². The van der Waals surface area contributed by atoms with E-state index < -0.39 is 0 Å².